The summed E-state index contributed by atoms with van der Waals surface area (Å²) in [6, 6.07) is 11.3. The molecule has 0 radical (unpaired) electrons. The summed E-state index contributed by atoms with van der Waals surface area (Å²) in [5, 5.41) is 27.2. The zero-order chi connectivity index (χ0) is 22.5. The molecule has 0 amide bonds. The summed E-state index contributed by atoms with van der Waals surface area (Å²) in [5.41, 5.74) is 2.64. The minimum Gasteiger partial charge on any atom is -0.481 e. The lowest BCUT2D eigenvalue weighted by Gasteiger charge is -2.17. The maximum atomic E-state index is 13.6. The van der Waals surface area contributed by atoms with Crippen LogP contribution in [0.15, 0.2) is 48.7 Å². The first kappa shape index (κ1) is 21.5. The Morgan fingerprint density at radius 1 is 1.28 bits per heavy atom. The number of carbonyl (C=O) groups is 1. The van der Waals surface area contributed by atoms with Crippen LogP contribution < -0.4 is 5.32 Å². The summed E-state index contributed by atoms with van der Waals surface area (Å²) in [4.78, 5) is 15.7. The van der Waals surface area contributed by atoms with Gasteiger partial charge in [0.25, 0.3) is 0 Å². The number of aliphatic hydroxyl groups is 1. The van der Waals surface area contributed by atoms with E-state index in [0.717, 1.165) is 30.8 Å². The number of nitrogens with one attached hydrogen (secondary N) is 1. The molecule has 2 aromatic heterocycles. The molecule has 32 heavy (non-hydrogen) atoms. The Hall–Kier alpha value is -3.70. The summed E-state index contributed by atoms with van der Waals surface area (Å²) in [6.07, 6.45) is 2.51. The van der Waals surface area contributed by atoms with Crippen LogP contribution in [0.5, 0.6) is 0 Å². The quantitative estimate of drug-likeness (QED) is 0.516. The van der Waals surface area contributed by atoms with Gasteiger partial charge < -0.3 is 15.5 Å². The molecule has 1 aliphatic heterocycles. The van der Waals surface area contributed by atoms with Crippen LogP contribution in [-0.2, 0) is 17.8 Å². The van der Waals surface area contributed by atoms with E-state index < -0.39 is 23.8 Å². The Balaban J connectivity index is 1.46. The van der Waals surface area contributed by atoms with Gasteiger partial charge in [-0.05, 0) is 54.2 Å². The maximum absolute atomic E-state index is 13.6. The Kier molecular flexibility index (Phi) is 6.47. The first-order valence-corrected chi connectivity index (χ1v) is 10.4. The number of hydrogen-bond donors (Lipinski definition) is 3. The Bertz CT molecular complexity index is 1180. The highest BCUT2D eigenvalue weighted by Crippen LogP contribution is 2.23. The number of anilines is 1. The highest BCUT2D eigenvalue weighted by molar-refractivity contribution is 5.68. The van der Waals surface area contributed by atoms with Crippen LogP contribution in [0.1, 0.15) is 47.4 Å². The van der Waals surface area contributed by atoms with E-state index in [1.807, 2.05) is 6.07 Å². The van der Waals surface area contributed by atoms with Crippen molar-refractivity contribution in [2.24, 2.45) is 0 Å². The molecular formula is C24H23FN4O3. The van der Waals surface area contributed by atoms with Crippen LogP contribution in [0, 0.1) is 17.7 Å². The second-order valence-corrected chi connectivity index (χ2v) is 7.72. The molecule has 0 saturated heterocycles. The van der Waals surface area contributed by atoms with Crippen LogP contribution in [0.4, 0.5) is 10.2 Å². The number of carboxylic acids is 1. The van der Waals surface area contributed by atoms with Crippen molar-refractivity contribution in [3.05, 3.63) is 77.0 Å². The number of aromatic nitrogens is 3. The third-order valence-corrected chi connectivity index (χ3v) is 5.32. The number of aliphatic carboxylic acids is 1. The van der Waals surface area contributed by atoms with Gasteiger partial charge in [0.15, 0.2) is 6.10 Å². The second kappa shape index (κ2) is 9.62. The predicted octanol–water partition coefficient (Wildman–Crippen LogP) is 3.12. The van der Waals surface area contributed by atoms with E-state index in [1.165, 1.54) is 12.1 Å². The molecule has 3 N–H and O–H groups in total. The standard InChI is InChI=1S/C24H23FN4O3/c25-19-5-1-3-17(13-19)18(14-23(31)32)15-29-12-10-20(28-29)7-9-22(30)21-8-6-16-4-2-11-26-24(16)27-21/h1,3,5-6,8,10,12-13,18,22,30H,2,4,11,14-15H2,(H,26,27)(H,31,32). The van der Waals surface area contributed by atoms with E-state index in [4.69, 9.17) is 0 Å². The molecule has 3 heterocycles. The zero-order valence-corrected chi connectivity index (χ0v) is 17.3. The molecular weight excluding hydrogens is 411 g/mol. The number of aliphatic hydroxyl groups excluding tert-OH is 1. The van der Waals surface area contributed by atoms with Crippen molar-refractivity contribution < 1.29 is 19.4 Å². The largest absolute Gasteiger partial charge is 0.481 e. The third kappa shape index (κ3) is 5.31. The number of pyridine rings is 1. The van der Waals surface area contributed by atoms with Crippen molar-refractivity contribution >= 4 is 11.8 Å². The van der Waals surface area contributed by atoms with Crippen molar-refractivity contribution in [1.82, 2.24) is 14.8 Å². The molecule has 2 unspecified atom stereocenters. The highest BCUT2D eigenvalue weighted by atomic mass is 19.1. The fraction of sp³-hybridized carbons (Fsp3) is 0.292. The average molecular weight is 434 g/mol. The van der Waals surface area contributed by atoms with Gasteiger partial charge in [-0.3, -0.25) is 9.48 Å². The fourth-order valence-electron chi connectivity index (χ4n) is 3.73. The first-order valence-electron chi connectivity index (χ1n) is 10.4. The van der Waals surface area contributed by atoms with Crippen molar-refractivity contribution in [1.29, 1.82) is 0 Å². The van der Waals surface area contributed by atoms with Crippen molar-refractivity contribution in [2.75, 3.05) is 11.9 Å². The SMILES string of the molecule is O=C(O)CC(Cn1ccc(C#CC(O)c2ccc3c(n2)NCCC3)n1)c1cccc(F)c1. The lowest BCUT2D eigenvalue weighted by molar-refractivity contribution is -0.137. The molecule has 7 nitrogen and oxygen atoms in total. The van der Waals surface area contributed by atoms with E-state index in [-0.39, 0.29) is 13.0 Å². The fourth-order valence-corrected chi connectivity index (χ4v) is 3.73. The molecule has 0 saturated carbocycles. The van der Waals surface area contributed by atoms with Crippen molar-refractivity contribution in [3.63, 3.8) is 0 Å². The molecule has 8 heteroatoms. The summed E-state index contributed by atoms with van der Waals surface area (Å²) in [6.45, 7) is 1.12. The van der Waals surface area contributed by atoms with Crippen molar-refractivity contribution in [2.45, 2.75) is 37.8 Å². The molecule has 1 aliphatic rings. The van der Waals surface area contributed by atoms with E-state index in [2.05, 4.69) is 27.2 Å². The Morgan fingerprint density at radius 2 is 2.16 bits per heavy atom. The van der Waals surface area contributed by atoms with Gasteiger partial charge in [-0.25, -0.2) is 9.37 Å². The summed E-state index contributed by atoms with van der Waals surface area (Å²) in [7, 11) is 0. The van der Waals surface area contributed by atoms with E-state index in [0.29, 0.717) is 17.0 Å². The van der Waals surface area contributed by atoms with Crippen LogP contribution in [0.2, 0.25) is 0 Å². The van der Waals surface area contributed by atoms with Crippen LogP contribution in [0.25, 0.3) is 0 Å². The number of aryl methyl sites for hydroxylation is 1. The lowest BCUT2D eigenvalue weighted by atomic mass is 9.95. The van der Waals surface area contributed by atoms with Crippen LogP contribution >= 0.6 is 0 Å². The molecule has 2 atom stereocenters. The molecule has 3 aromatic rings. The van der Waals surface area contributed by atoms with Crippen molar-refractivity contribution in [3.8, 4) is 11.8 Å². The molecule has 0 fully saturated rings. The van der Waals surface area contributed by atoms with E-state index in [9.17, 15) is 19.4 Å². The number of rotatable bonds is 6. The number of carboxylic acid groups (broad SMARTS) is 1. The lowest BCUT2D eigenvalue weighted by Crippen LogP contribution is -2.14. The second-order valence-electron chi connectivity index (χ2n) is 7.72. The minimum absolute atomic E-state index is 0.152. The summed E-state index contributed by atoms with van der Waals surface area (Å²) >= 11 is 0. The minimum atomic E-state index is -1.05. The number of fused-ring (bicyclic) bond motifs is 1. The zero-order valence-electron chi connectivity index (χ0n) is 17.3. The maximum Gasteiger partial charge on any atom is 0.304 e. The van der Waals surface area contributed by atoms with Gasteiger partial charge in [0.05, 0.1) is 12.1 Å². The Morgan fingerprint density at radius 3 is 2.97 bits per heavy atom. The van der Waals surface area contributed by atoms with Gasteiger partial charge in [0.2, 0.25) is 0 Å². The predicted molar refractivity (Wildman–Crippen MR) is 117 cm³/mol. The molecule has 0 aliphatic carbocycles. The molecule has 0 spiro atoms. The van der Waals surface area contributed by atoms with E-state index >= 15 is 0 Å². The Labute approximate surface area is 184 Å². The number of halogens is 1. The smallest absolute Gasteiger partial charge is 0.304 e. The topological polar surface area (TPSA) is 100 Å². The van der Waals surface area contributed by atoms with E-state index in [1.54, 1.807) is 35.1 Å². The van der Waals surface area contributed by atoms with Crippen LogP contribution in [0.3, 0.4) is 0 Å². The molecule has 164 valence electrons. The van der Waals surface area contributed by atoms with Gasteiger partial charge in [0.1, 0.15) is 17.3 Å². The van der Waals surface area contributed by atoms with Gasteiger partial charge >= 0.3 is 5.97 Å². The molecule has 1 aromatic carbocycles. The molecule has 4 rings (SSSR count). The molecule has 0 bridgehead atoms. The highest BCUT2D eigenvalue weighted by Gasteiger charge is 2.18. The average Bonchev–Trinajstić information content (AvgIpc) is 3.23. The third-order valence-electron chi connectivity index (χ3n) is 5.32. The summed E-state index contributed by atoms with van der Waals surface area (Å²) in [5.74, 6) is 4.56. The van der Waals surface area contributed by atoms with Gasteiger partial charge in [-0.2, -0.15) is 5.10 Å². The number of benzene rings is 1. The van der Waals surface area contributed by atoms with Gasteiger partial charge in [-0.15, -0.1) is 0 Å². The summed E-state index contributed by atoms with van der Waals surface area (Å²) < 4.78 is 15.2. The van der Waals surface area contributed by atoms with Gasteiger partial charge in [-0.1, -0.05) is 24.1 Å². The normalized spacial score (nSPS) is 14.4. The monoisotopic (exact) mass is 434 g/mol. The van der Waals surface area contributed by atoms with Gasteiger partial charge in [0, 0.05) is 25.2 Å². The first-order chi connectivity index (χ1) is 15.5. The number of nitrogens with zero attached hydrogens (tertiary/aromatic N) is 3. The van der Waals surface area contributed by atoms with Crippen LogP contribution in [-0.4, -0.2) is 37.5 Å². The number of hydrogen-bond acceptors (Lipinski definition) is 5.